The molecule has 1 unspecified atom stereocenters. The molecule has 1 aliphatic heterocycles. The van der Waals surface area contributed by atoms with Crippen molar-refractivity contribution in [3.05, 3.63) is 101 Å². The number of para-hydroxylation sites is 1. The van der Waals surface area contributed by atoms with Crippen molar-refractivity contribution in [3.63, 3.8) is 0 Å². The smallest absolute Gasteiger partial charge is 0.435 e. The zero-order valence-electron chi connectivity index (χ0n) is 19.9. The molecule has 1 fully saturated rings. The van der Waals surface area contributed by atoms with E-state index in [4.69, 9.17) is 16.3 Å². The van der Waals surface area contributed by atoms with Crippen LogP contribution in [0.25, 0.3) is 16.9 Å². The second-order valence-electron chi connectivity index (χ2n) is 8.78. The van der Waals surface area contributed by atoms with E-state index in [1.165, 1.54) is 4.68 Å². The number of hydrogen-bond donors (Lipinski definition) is 0. The molecule has 2 heterocycles. The van der Waals surface area contributed by atoms with Crippen LogP contribution in [0.15, 0.2) is 78.9 Å². The van der Waals surface area contributed by atoms with Crippen LogP contribution in [0.1, 0.15) is 40.5 Å². The van der Waals surface area contributed by atoms with Crippen molar-refractivity contribution in [2.45, 2.75) is 25.1 Å². The van der Waals surface area contributed by atoms with E-state index >= 15 is 0 Å². The molecule has 4 aromatic rings. The van der Waals surface area contributed by atoms with E-state index in [-0.39, 0.29) is 22.7 Å². The molecule has 3 aromatic carbocycles. The molecule has 5 rings (SSSR count). The molecule has 1 aliphatic rings. The van der Waals surface area contributed by atoms with Gasteiger partial charge in [0.05, 0.1) is 29.6 Å². The maximum absolute atomic E-state index is 13.5. The SMILES string of the molecule is COc1ccc(C2CCCN2C(=O)c2ccc(-c3cc(C(F)(F)F)nn3-c3ccccc3Cl)cc2)cc1. The minimum absolute atomic E-state index is 0.0471. The summed E-state index contributed by atoms with van der Waals surface area (Å²) in [4.78, 5) is 15.2. The van der Waals surface area contributed by atoms with Crippen molar-refractivity contribution in [1.29, 1.82) is 0 Å². The second-order valence-corrected chi connectivity index (χ2v) is 9.19. The van der Waals surface area contributed by atoms with Crippen molar-refractivity contribution in [3.8, 4) is 22.7 Å². The predicted molar refractivity (Wildman–Crippen MR) is 135 cm³/mol. The van der Waals surface area contributed by atoms with Crippen molar-refractivity contribution < 1.29 is 22.7 Å². The molecule has 37 heavy (non-hydrogen) atoms. The summed E-state index contributed by atoms with van der Waals surface area (Å²) in [6, 6.07) is 21.7. The van der Waals surface area contributed by atoms with Crippen molar-refractivity contribution in [1.82, 2.24) is 14.7 Å². The Bertz CT molecular complexity index is 1420. The van der Waals surface area contributed by atoms with Crippen LogP contribution in [0.5, 0.6) is 5.75 Å². The van der Waals surface area contributed by atoms with Crippen molar-refractivity contribution in [2.24, 2.45) is 0 Å². The molecule has 0 spiro atoms. The fourth-order valence-electron chi connectivity index (χ4n) is 4.66. The zero-order valence-corrected chi connectivity index (χ0v) is 20.6. The molecule has 1 saturated heterocycles. The highest BCUT2D eigenvalue weighted by Gasteiger charge is 2.36. The van der Waals surface area contributed by atoms with Gasteiger partial charge in [-0.3, -0.25) is 4.79 Å². The van der Waals surface area contributed by atoms with E-state index in [9.17, 15) is 18.0 Å². The van der Waals surface area contributed by atoms with E-state index in [1.54, 1.807) is 55.6 Å². The van der Waals surface area contributed by atoms with Crippen LogP contribution >= 0.6 is 11.6 Å². The number of carbonyl (C=O) groups is 1. The number of amides is 1. The molecule has 0 saturated carbocycles. The average Bonchev–Trinajstić information content (AvgIpc) is 3.57. The highest BCUT2D eigenvalue weighted by molar-refractivity contribution is 6.32. The van der Waals surface area contributed by atoms with E-state index < -0.39 is 11.9 Å². The molecule has 0 radical (unpaired) electrons. The van der Waals surface area contributed by atoms with Crippen LogP contribution in [0.3, 0.4) is 0 Å². The number of nitrogens with zero attached hydrogens (tertiary/aromatic N) is 3. The van der Waals surface area contributed by atoms with Gasteiger partial charge in [0, 0.05) is 17.7 Å². The molecule has 9 heteroatoms. The summed E-state index contributed by atoms with van der Waals surface area (Å²) >= 11 is 6.26. The third-order valence-corrected chi connectivity index (χ3v) is 6.84. The van der Waals surface area contributed by atoms with Gasteiger partial charge in [0.15, 0.2) is 5.69 Å². The van der Waals surface area contributed by atoms with Crippen molar-refractivity contribution in [2.75, 3.05) is 13.7 Å². The first-order valence-electron chi connectivity index (χ1n) is 11.7. The van der Waals surface area contributed by atoms with Gasteiger partial charge in [-0.2, -0.15) is 18.3 Å². The number of hydrogen-bond acceptors (Lipinski definition) is 3. The van der Waals surface area contributed by atoms with Gasteiger partial charge in [-0.15, -0.1) is 0 Å². The van der Waals surface area contributed by atoms with E-state index in [2.05, 4.69) is 5.10 Å². The van der Waals surface area contributed by atoms with Crippen molar-refractivity contribution >= 4 is 17.5 Å². The number of ether oxygens (including phenoxy) is 1. The van der Waals surface area contributed by atoms with Gasteiger partial charge in [-0.25, -0.2) is 4.68 Å². The van der Waals surface area contributed by atoms with Gasteiger partial charge < -0.3 is 9.64 Å². The lowest BCUT2D eigenvalue weighted by molar-refractivity contribution is -0.141. The number of methoxy groups -OCH3 is 1. The molecule has 190 valence electrons. The van der Waals surface area contributed by atoms with Gasteiger partial charge >= 0.3 is 6.18 Å². The topological polar surface area (TPSA) is 47.4 Å². The molecule has 0 N–H and O–H groups in total. The summed E-state index contributed by atoms with van der Waals surface area (Å²) in [6.45, 7) is 0.630. The Hall–Kier alpha value is -3.78. The third kappa shape index (κ3) is 4.93. The molecule has 0 bridgehead atoms. The van der Waals surface area contributed by atoms with Gasteiger partial charge in [0.2, 0.25) is 0 Å². The summed E-state index contributed by atoms with van der Waals surface area (Å²) in [7, 11) is 1.61. The quantitative estimate of drug-likeness (QED) is 0.277. The Morgan fingerprint density at radius 3 is 2.38 bits per heavy atom. The highest BCUT2D eigenvalue weighted by Crippen LogP contribution is 2.36. The average molecular weight is 526 g/mol. The maximum Gasteiger partial charge on any atom is 0.435 e. The largest absolute Gasteiger partial charge is 0.497 e. The van der Waals surface area contributed by atoms with E-state index in [1.807, 2.05) is 29.2 Å². The Morgan fingerprint density at radius 2 is 1.73 bits per heavy atom. The fourth-order valence-corrected chi connectivity index (χ4v) is 4.88. The van der Waals surface area contributed by atoms with Crippen LogP contribution in [0, 0.1) is 0 Å². The number of aromatic nitrogens is 2. The standard InChI is InChI=1S/C28H23ClF3N3O2/c1-37-21-14-12-18(13-15-21)23-7-4-16-34(23)27(36)20-10-8-19(9-11-20)25-17-26(28(30,31)32)33-35(25)24-6-3-2-5-22(24)29/h2-3,5-6,8-15,17,23H,4,7,16H2,1H3. The molecular formula is C28H23ClF3N3O2. The molecule has 1 amide bonds. The zero-order chi connectivity index (χ0) is 26.2. The van der Waals surface area contributed by atoms with Crippen LogP contribution in [0.2, 0.25) is 5.02 Å². The predicted octanol–water partition coefficient (Wildman–Crippen LogP) is 7.20. The summed E-state index contributed by atoms with van der Waals surface area (Å²) in [5, 5.41) is 4.06. The first-order valence-corrected chi connectivity index (χ1v) is 12.1. The van der Waals surface area contributed by atoms with Crippen LogP contribution in [-0.2, 0) is 6.18 Å². The second kappa shape index (κ2) is 9.94. The first kappa shape index (κ1) is 24.9. The number of rotatable bonds is 5. The fraction of sp³-hybridized carbons (Fsp3) is 0.214. The lowest BCUT2D eigenvalue weighted by atomic mass is 10.0. The lowest BCUT2D eigenvalue weighted by Crippen LogP contribution is -2.30. The van der Waals surface area contributed by atoms with Gasteiger partial charge in [0.25, 0.3) is 5.91 Å². The van der Waals surface area contributed by atoms with Gasteiger partial charge in [-0.1, -0.05) is 48.0 Å². The minimum atomic E-state index is -4.62. The Balaban J connectivity index is 1.45. The molecular weight excluding hydrogens is 503 g/mol. The molecule has 1 atom stereocenters. The lowest BCUT2D eigenvalue weighted by Gasteiger charge is -2.25. The van der Waals surface area contributed by atoms with E-state index in [0.717, 1.165) is 30.2 Å². The van der Waals surface area contributed by atoms with Crippen LogP contribution in [0.4, 0.5) is 13.2 Å². The van der Waals surface area contributed by atoms with Crippen LogP contribution in [-0.4, -0.2) is 34.2 Å². The Morgan fingerprint density at radius 1 is 1.03 bits per heavy atom. The molecule has 1 aromatic heterocycles. The number of halogens is 4. The Kier molecular flexibility index (Phi) is 6.69. The van der Waals surface area contributed by atoms with Crippen LogP contribution < -0.4 is 4.74 Å². The highest BCUT2D eigenvalue weighted by atomic mass is 35.5. The normalized spacial score (nSPS) is 15.7. The Labute approximate surface area is 217 Å². The summed E-state index contributed by atoms with van der Waals surface area (Å²) < 4.78 is 46.9. The molecule has 0 aliphatic carbocycles. The first-order chi connectivity index (χ1) is 17.8. The number of alkyl halides is 3. The molecule has 5 nitrogen and oxygen atoms in total. The summed E-state index contributed by atoms with van der Waals surface area (Å²) in [5.41, 5.74) is 1.50. The summed E-state index contributed by atoms with van der Waals surface area (Å²) in [6.07, 6.45) is -2.88. The monoisotopic (exact) mass is 525 g/mol. The number of likely N-dealkylation sites (tertiary alicyclic amines) is 1. The third-order valence-electron chi connectivity index (χ3n) is 6.52. The number of carbonyl (C=O) groups excluding carboxylic acids is 1. The van der Waals surface area contributed by atoms with E-state index in [0.29, 0.717) is 23.4 Å². The maximum atomic E-state index is 13.5. The number of benzene rings is 3. The minimum Gasteiger partial charge on any atom is -0.497 e. The van der Waals surface area contributed by atoms with Gasteiger partial charge in [-0.05, 0) is 60.9 Å². The summed E-state index contributed by atoms with van der Waals surface area (Å²) in [5.74, 6) is 0.625. The van der Waals surface area contributed by atoms with Gasteiger partial charge in [0.1, 0.15) is 5.75 Å².